The van der Waals surface area contributed by atoms with Gasteiger partial charge in [0.25, 0.3) is 5.78 Å². The summed E-state index contributed by atoms with van der Waals surface area (Å²) < 4.78 is 12.2. The van der Waals surface area contributed by atoms with E-state index in [9.17, 15) is 14.7 Å². The summed E-state index contributed by atoms with van der Waals surface area (Å²) in [5, 5.41) is 20.6. The van der Waals surface area contributed by atoms with E-state index in [4.69, 9.17) is 21.1 Å². The lowest BCUT2D eigenvalue weighted by molar-refractivity contribution is -0.132. The number of ketones is 1. The minimum Gasteiger partial charge on any atom is -0.507 e. The Morgan fingerprint density at radius 2 is 1.83 bits per heavy atom. The molecule has 1 saturated heterocycles. The van der Waals surface area contributed by atoms with E-state index >= 15 is 0 Å². The molecule has 4 aromatic rings. The van der Waals surface area contributed by atoms with Gasteiger partial charge in [0.1, 0.15) is 12.4 Å². The van der Waals surface area contributed by atoms with Gasteiger partial charge in [-0.1, -0.05) is 83.8 Å². The van der Waals surface area contributed by atoms with Crippen molar-refractivity contribution in [2.45, 2.75) is 23.1 Å². The van der Waals surface area contributed by atoms with Crippen LogP contribution in [0.3, 0.4) is 0 Å². The number of hydrogen-bond donors (Lipinski definition) is 1. The van der Waals surface area contributed by atoms with Crippen molar-refractivity contribution in [2.75, 3.05) is 18.1 Å². The zero-order valence-electron chi connectivity index (χ0n) is 22.5. The van der Waals surface area contributed by atoms with Crippen molar-refractivity contribution in [1.29, 1.82) is 0 Å². The van der Waals surface area contributed by atoms with Gasteiger partial charge in [0, 0.05) is 16.3 Å². The Morgan fingerprint density at radius 3 is 2.55 bits per heavy atom. The molecule has 11 heteroatoms. The minimum atomic E-state index is -1.01. The molecule has 5 rings (SSSR count). The number of carbonyl (C=O) groups is 2. The molecule has 214 valence electrons. The quantitative estimate of drug-likeness (QED) is 0.0475. The normalized spacial score (nSPS) is 16.0. The molecule has 0 bridgehead atoms. The number of aliphatic hydroxyl groups excluding tert-OH is 1. The second-order valence-corrected chi connectivity index (χ2v) is 11.7. The van der Waals surface area contributed by atoms with Gasteiger partial charge in [0.05, 0.1) is 18.2 Å². The summed E-state index contributed by atoms with van der Waals surface area (Å²) in [7, 11) is 0. The number of anilines is 1. The lowest BCUT2D eigenvalue weighted by Crippen LogP contribution is -2.29. The van der Waals surface area contributed by atoms with Gasteiger partial charge in [0.2, 0.25) is 5.13 Å². The topological polar surface area (TPSA) is 102 Å². The molecule has 0 saturated carbocycles. The summed E-state index contributed by atoms with van der Waals surface area (Å²) in [5.74, 6) is -0.429. The van der Waals surface area contributed by atoms with Crippen LogP contribution in [0.25, 0.3) is 5.76 Å². The molecule has 1 aliphatic heterocycles. The van der Waals surface area contributed by atoms with Crippen LogP contribution in [0.15, 0.2) is 95.4 Å². The SMILES string of the molecule is C=CCOc1ccc(C2C(=C(O)c3ccc(Cl)cc3)C(=O)C(=O)N2c2nnc(SCc3ccccc3)s2)cc1OCC. The van der Waals surface area contributed by atoms with Crippen molar-refractivity contribution in [3.8, 4) is 11.5 Å². The average Bonchev–Trinajstić information content (AvgIpc) is 3.58. The fraction of sp³-hybridized carbons (Fsp3) is 0.161. The molecule has 1 aliphatic rings. The van der Waals surface area contributed by atoms with Crippen molar-refractivity contribution >= 4 is 57.3 Å². The Bertz CT molecular complexity index is 1640. The molecule has 0 spiro atoms. The van der Waals surface area contributed by atoms with Crippen LogP contribution in [-0.2, 0) is 15.3 Å². The highest BCUT2D eigenvalue weighted by Gasteiger charge is 2.48. The van der Waals surface area contributed by atoms with E-state index in [1.54, 1.807) is 48.5 Å². The Morgan fingerprint density at radius 1 is 1.07 bits per heavy atom. The number of Topliss-reactive ketones (excluding diaryl/α,β-unsaturated/α-hetero) is 1. The smallest absolute Gasteiger partial charge is 0.301 e. The third-order valence-corrected chi connectivity index (χ3v) is 8.69. The van der Waals surface area contributed by atoms with E-state index in [2.05, 4.69) is 16.8 Å². The lowest BCUT2D eigenvalue weighted by atomic mass is 9.95. The maximum absolute atomic E-state index is 13.6. The third-order valence-electron chi connectivity index (χ3n) is 6.31. The first-order valence-electron chi connectivity index (χ1n) is 13.0. The standard InChI is InChI=1S/C31H26ClN3O5S2/c1-3-16-40-23-15-12-21(17-24(23)39-4-2)26-25(27(36)20-10-13-22(32)14-11-20)28(37)29(38)35(26)30-33-34-31(42-30)41-18-19-8-6-5-7-9-19/h3,5-15,17,26,36H,1,4,16,18H2,2H3. The number of hydrogen-bond acceptors (Lipinski definition) is 9. The van der Waals surface area contributed by atoms with E-state index in [1.807, 2.05) is 37.3 Å². The molecule has 8 nitrogen and oxygen atoms in total. The third kappa shape index (κ3) is 6.20. The highest BCUT2D eigenvalue weighted by molar-refractivity contribution is 8.00. The fourth-order valence-electron chi connectivity index (χ4n) is 4.42. The van der Waals surface area contributed by atoms with Gasteiger partial charge in [-0.2, -0.15) is 0 Å². The van der Waals surface area contributed by atoms with Crippen molar-refractivity contribution in [1.82, 2.24) is 10.2 Å². The number of aliphatic hydroxyl groups is 1. The summed E-state index contributed by atoms with van der Waals surface area (Å²) in [5.41, 5.74) is 1.89. The van der Waals surface area contributed by atoms with Crippen LogP contribution in [-0.4, -0.2) is 40.2 Å². The van der Waals surface area contributed by atoms with Crippen LogP contribution in [0.4, 0.5) is 5.13 Å². The number of carbonyl (C=O) groups excluding carboxylic acids is 2. The van der Waals surface area contributed by atoms with Crippen LogP contribution in [0.1, 0.15) is 29.7 Å². The van der Waals surface area contributed by atoms with Gasteiger partial charge in [-0.3, -0.25) is 14.5 Å². The van der Waals surface area contributed by atoms with Gasteiger partial charge in [-0.05, 0) is 54.4 Å². The predicted octanol–water partition coefficient (Wildman–Crippen LogP) is 7.07. The monoisotopic (exact) mass is 619 g/mol. The number of halogens is 1. The molecular formula is C31H26ClN3O5S2. The van der Waals surface area contributed by atoms with Crippen molar-refractivity contribution in [3.63, 3.8) is 0 Å². The van der Waals surface area contributed by atoms with Crippen LogP contribution < -0.4 is 14.4 Å². The zero-order valence-corrected chi connectivity index (χ0v) is 24.9. The summed E-state index contributed by atoms with van der Waals surface area (Å²) >= 11 is 8.72. The molecule has 42 heavy (non-hydrogen) atoms. The number of rotatable bonds is 11. The molecular weight excluding hydrogens is 594 g/mol. The maximum Gasteiger partial charge on any atom is 0.301 e. The Labute approximate surface area is 256 Å². The van der Waals surface area contributed by atoms with Crippen molar-refractivity contribution in [3.05, 3.63) is 113 Å². The van der Waals surface area contributed by atoms with E-state index < -0.39 is 17.7 Å². The molecule has 1 amide bonds. The summed E-state index contributed by atoms with van der Waals surface area (Å²) in [6, 6.07) is 20.4. The Kier molecular flexibility index (Phi) is 9.26. The molecule has 3 aromatic carbocycles. The van der Waals surface area contributed by atoms with Gasteiger partial charge >= 0.3 is 5.91 Å². The second kappa shape index (κ2) is 13.2. The average molecular weight is 620 g/mol. The van der Waals surface area contributed by atoms with Gasteiger partial charge in [-0.25, -0.2) is 0 Å². The molecule has 1 N–H and O–H groups in total. The number of nitrogens with zero attached hydrogens (tertiary/aromatic N) is 3. The predicted molar refractivity (Wildman–Crippen MR) is 165 cm³/mol. The van der Waals surface area contributed by atoms with Crippen LogP contribution >= 0.6 is 34.7 Å². The van der Waals surface area contributed by atoms with Gasteiger partial charge in [0.15, 0.2) is 15.8 Å². The first kappa shape index (κ1) is 29.4. The Hall–Kier alpha value is -4.12. The maximum atomic E-state index is 13.6. The van der Waals surface area contributed by atoms with E-state index in [0.29, 0.717) is 44.3 Å². The largest absolute Gasteiger partial charge is 0.507 e. The van der Waals surface area contributed by atoms with Crippen LogP contribution in [0.5, 0.6) is 11.5 Å². The van der Waals surface area contributed by atoms with Crippen molar-refractivity contribution in [2.24, 2.45) is 0 Å². The number of thioether (sulfide) groups is 1. The minimum absolute atomic E-state index is 0.0850. The molecule has 1 aromatic heterocycles. The number of amides is 1. The molecule has 0 aliphatic carbocycles. The van der Waals surface area contributed by atoms with Crippen molar-refractivity contribution < 1.29 is 24.2 Å². The molecule has 1 fully saturated rings. The fourth-order valence-corrected chi connectivity index (χ4v) is 6.37. The summed E-state index contributed by atoms with van der Waals surface area (Å²) in [6.07, 6.45) is 1.62. The number of aromatic nitrogens is 2. The second-order valence-electron chi connectivity index (χ2n) is 9.04. The number of ether oxygens (including phenoxy) is 2. The van der Waals surface area contributed by atoms with Crippen LogP contribution in [0.2, 0.25) is 5.02 Å². The zero-order chi connectivity index (χ0) is 29.6. The van der Waals surface area contributed by atoms with Gasteiger partial charge < -0.3 is 14.6 Å². The Balaban J connectivity index is 1.59. The summed E-state index contributed by atoms with van der Waals surface area (Å²) in [4.78, 5) is 28.4. The summed E-state index contributed by atoms with van der Waals surface area (Å²) in [6.45, 7) is 6.15. The first-order valence-corrected chi connectivity index (χ1v) is 15.2. The molecule has 1 atom stereocenters. The molecule has 1 unspecified atom stereocenters. The highest BCUT2D eigenvalue weighted by Crippen LogP contribution is 2.45. The number of benzene rings is 3. The lowest BCUT2D eigenvalue weighted by Gasteiger charge is -2.23. The molecule has 2 heterocycles. The highest BCUT2D eigenvalue weighted by atomic mass is 35.5. The van der Waals surface area contributed by atoms with Gasteiger partial charge in [-0.15, -0.1) is 10.2 Å². The van der Waals surface area contributed by atoms with E-state index in [0.717, 1.165) is 5.56 Å². The van der Waals surface area contributed by atoms with E-state index in [-0.39, 0.29) is 23.1 Å². The first-order chi connectivity index (χ1) is 20.4. The van der Waals surface area contributed by atoms with Crippen LogP contribution in [0, 0.1) is 0 Å². The van der Waals surface area contributed by atoms with E-state index in [1.165, 1.54) is 28.0 Å². The molecule has 0 radical (unpaired) electrons.